The average molecular weight is 375 g/mol. The molecule has 9 nitrogen and oxygen atoms in total. The molecule has 0 saturated carbocycles. The number of alkyl halides is 3. The Balaban J connectivity index is 2.38. The quantitative estimate of drug-likeness (QED) is 0.438. The van der Waals surface area contributed by atoms with Crippen LogP contribution in [-0.4, -0.2) is 46.3 Å². The smallest absolute Gasteiger partial charge is 0.406 e. The van der Waals surface area contributed by atoms with E-state index in [1.807, 2.05) is 0 Å². The Morgan fingerprint density at radius 3 is 2.54 bits per heavy atom. The first-order valence-corrected chi connectivity index (χ1v) is 7.03. The Labute approximate surface area is 143 Å². The fraction of sp³-hybridized carbons (Fsp3) is 0.286. The highest BCUT2D eigenvalue weighted by Crippen LogP contribution is 2.36. The van der Waals surface area contributed by atoms with Crippen LogP contribution in [0.25, 0.3) is 0 Å². The Bertz CT molecular complexity index is 806. The first kappa shape index (κ1) is 19.2. The van der Waals surface area contributed by atoms with Crippen LogP contribution in [0.15, 0.2) is 23.9 Å². The summed E-state index contributed by atoms with van der Waals surface area (Å²) >= 11 is 0. The predicted molar refractivity (Wildman–Crippen MR) is 80.0 cm³/mol. The van der Waals surface area contributed by atoms with Crippen LogP contribution < -0.4 is 10.1 Å². The lowest BCUT2D eigenvalue weighted by atomic mass is 10.1. The lowest BCUT2D eigenvalue weighted by Gasteiger charge is -2.15. The molecule has 0 bridgehead atoms. The number of anilines is 1. The van der Waals surface area contributed by atoms with Gasteiger partial charge in [0.2, 0.25) is 0 Å². The summed E-state index contributed by atoms with van der Waals surface area (Å²) in [6.45, 7) is 0.534. The van der Waals surface area contributed by atoms with Crippen molar-refractivity contribution in [2.45, 2.75) is 13.3 Å². The van der Waals surface area contributed by atoms with E-state index in [1.54, 1.807) is 0 Å². The van der Waals surface area contributed by atoms with Crippen LogP contribution in [0, 0.1) is 17.0 Å². The number of halogens is 3. The summed E-state index contributed by atoms with van der Waals surface area (Å²) in [5.41, 5.74) is -1.35. The normalized spacial score (nSPS) is 14.5. The van der Waals surface area contributed by atoms with Gasteiger partial charge in [0.15, 0.2) is 0 Å². The van der Waals surface area contributed by atoms with Gasteiger partial charge < -0.3 is 15.2 Å². The topological polar surface area (TPSA) is 122 Å². The predicted octanol–water partition coefficient (Wildman–Crippen LogP) is 1.46. The number of nitrogens with zero attached hydrogens (tertiary/aromatic N) is 2. The van der Waals surface area contributed by atoms with Crippen molar-refractivity contribution in [2.24, 2.45) is 0 Å². The molecule has 0 aliphatic carbocycles. The molecule has 0 atom stereocenters. The molecule has 1 aliphatic rings. The third-order valence-electron chi connectivity index (χ3n) is 3.31. The van der Waals surface area contributed by atoms with Crippen molar-refractivity contribution in [1.82, 2.24) is 4.90 Å². The molecule has 0 radical (unpaired) electrons. The highest BCUT2D eigenvalue weighted by atomic mass is 19.4. The molecule has 0 spiro atoms. The molecule has 1 aliphatic heterocycles. The van der Waals surface area contributed by atoms with E-state index in [9.17, 15) is 32.9 Å². The van der Waals surface area contributed by atoms with Gasteiger partial charge in [0.05, 0.1) is 24.1 Å². The average Bonchev–Trinajstić information content (AvgIpc) is 2.76. The second-order valence-corrected chi connectivity index (χ2v) is 5.14. The number of aliphatic hydroxyl groups excluding tert-OH is 1. The Morgan fingerprint density at radius 2 is 2.00 bits per heavy atom. The fourth-order valence-electron chi connectivity index (χ4n) is 2.28. The number of aliphatic hydroxyl groups is 1. The molecule has 1 aromatic carbocycles. The highest BCUT2D eigenvalue weighted by Gasteiger charge is 2.34. The number of hydrogen-bond donors (Lipinski definition) is 2. The van der Waals surface area contributed by atoms with Crippen LogP contribution in [0.3, 0.4) is 0 Å². The maximum absolute atomic E-state index is 12.3. The molecular weight excluding hydrogens is 363 g/mol. The van der Waals surface area contributed by atoms with E-state index < -0.39 is 41.1 Å². The molecule has 0 fully saturated rings. The zero-order valence-electron chi connectivity index (χ0n) is 13.2. The van der Waals surface area contributed by atoms with Gasteiger partial charge in [-0.1, -0.05) is 0 Å². The molecule has 12 heteroatoms. The van der Waals surface area contributed by atoms with Gasteiger partial charge in [-0.2, -0.15) is 0 Å². The SMILES string of the molecule is Cc1cc(OC(F)(F)F)cc([N+](=O)[O-])c1NC1=CC(=O)N(CCO)C1=O. The number of carbonyl (C=O) groups excluding carboxylic acids is 2. The number of carbonyl (C=O) groups is 2. The first-order valence-electron chi connectivity index (χ1n) is 7.03. The van der Waals surface area contributed by atoms with Crippen molar-refractivity contribution in [2.75, 3.05) is 18.5 Å². The first-order chi connectivity index (χ1) is 12.0. The summed E-state index contributed by atoms with van der Waals surface area (Å²) in [7, 11) is 0. The van der Waals surface area contributed by atoms with Gasteiger partial charge in [-0.15, -0.1) is 13.2 Å². The minimum atomic E-state index is -5.03. The van der Waals surface area contributed by atoms with E-state index in [1.165, 1.54) is 6.92 Å². The van der Waals surface area contributed by atoms with Gasteiger partial charge in [0.25, 0.3) is 17.5 Å². The number of β-amino-alcohol motifs (C(OH)–C–C–N with tert-alkyl or cyclic N) is 1. The Morgan fingerprint density at radius 1 is 1.35 bits per heavy atom. The molecule has 0 unspecified atom stereocenters. The summed E-state index contributed by atoms with van der Waals surface area (Å²) in [6.07, 6.45) is -4.16. The third kappa shape index (κ3) is 4.08. The van der Waals surface area contributed by atoms with Crippen molar-refractivity contribution in [1.29, 1.82) is 0 Å². The number of imide groups is 1. The number of rotatable bonds is 6. The summed E-state index contributed by atoms with van der Waals surface area (Å²) < 4.78 is 40.6. The van der Waals surface area contributed by atoms with Gasteiger partial charge in [0, 0.05) is 6.08 Å². The molecular formula is C14H12F3N3O6. The molecule has 0 aromatic heterocycles. The lowest BCUT2D eigenvalue weighted by Crippen LogP contribution is -2.34. The standard InChI is InChI=1S/C14H12F3N3O6/c1-7-4-8(26-14(15,16)17)5-10(20(24)25)12(7)18-9-6-11(22)19(2-3-21)13(9)23/h4-6,18,21H,2-3H2,1H3. The van der Waals surface area contributed by atoms with Crippen molar-refractivity contribution in [3.63, 3.8) is 0 Å². The minimum absolute atomic E-state index is 0.0137. The number of benzene rings is 1. The maximum atomic E-state index is 12.3. The molecule has 26 heavy (non-hydrogen) atoms. The second kappa shape index (κ2) is 7.00. The second-order valence-electron chi connectivity index (χ2n) is 5.14. The zero-order chi connectivity index (χ0) is 19.6. The van der Waals surface area contributed by atoms with E-state index in [-0.39, 0.29) is 23.5 Å². The molecule has 2 rings (SSSR count). The summed E-state index contributed by atoms with van der Waals surface area (Å²) in [5.74, 6) is -2.35. The van der Waals surface area contributed by atoms with E-state index in [2.05, 4.69) is 10.1 Å². The lowest BCUT2D eigenvalue weighted by molar-refractivity contribution is -0.384. The van der Waals surface area contributed by atoms with E-state index in [0.717, 1.165) is 12.1 Å². The van der Waals surface area contributed by atoms with Gasteiger partial charge in [-0.25, -0.2) is 0 Å². The molecule has 1 heterocycles. The Hall–Kier alpha value is -3.15. The number of nitro groups is 1. The van der Waals surface area contributed by atoms with E-state index in [0.29, 0.717) is 11.0 Å². The van der Waals surface area contributed by atoms with Gasteiger partial charge in [0.1, 0.15) is 17.1 Å². The van der Waals surface area contributed by atoms with Crippen LogP contribution in [0.4, 0.5) is 24.5 Å². The minimum Gasteiger partial charge on any atom is -0.406 e. The molecule has 0 saturated heterocycles. The van der Waals surface area contributed by atoms with Gasteiger partial charge >= 0.3 is 6.36 Å². The van der Waals surface area contributed by atoms with Crippen molar-refractivity contribution in [3.05, 3.63) is 39.6 Å². The molecule has 2 amide bonds. The third-order valence-corrected chi connectivity index (χ3v) is 3.31. The number of nitro benzene ring substituents is 1. The van der Waals surface area contributed by atoms with Crippen LogP contribution in [-0.2, 0) is 9.59 Å². The van der Waals surface area contributed by atoms with Crippen LogP contribution in [0.5, 0.6) is 5.75 Å². The number of amides is 2. The fourth-order valence-corrected chi connectivity index (χ4v) is 2.28. The molecule has 140 valence electrons. The van der Waals surface area contributed by atoms with Crippen LogP contribution in [0.1, 0.15) is 5.56 Å². The van der Waals surface area contributed by atoms with Crippen molar-refractivity contribution < 1.29 is 37.5 Å². The van der Waals surface area contributed by atoms with Crippen molar-refractivity contribution >= 4 is 23.2 Å². The summed E-state index contributed by atoms with van der Waals surface area (Å²) in [5, 5.41) is 22.4. The van der Waals surface area contributed by atoms with Gasteiger partial charge in [-0.05, 0) is 18.6 Å². The largest absolute Gasteiger partial charge is 0.573 e. The monoisotopic (exact) mass is 375 g/mol. The van der Waals surface area contributed by atoms with Crippen molar-refractivity contribution in [3.8, 4) is 5.75 Å². The Kier molecular flexibility index (Phi) is 5.16. The summed E-state index contributed by atoms with van der Waals surface area (Å²) in [6, 6.07) is 1.45. The number of hydrogen-bond acceptors (Lipinski definition) is 7. The summed E-state index contributed by atoms with van der Waals surface area (Å²) in [4.78, 5) is 34.7. The molecule has 1 aromatic rings. The van der Waals surface area contributed by atoms with E-state index in [4.69, 9.17) is 5.11 Å². The number of nitrogens with one attached hydrogen (secondary N) is 1. The number of aryl methyl sites for hydroxylation is 1. The molecule has 2 N–H and O–H groups in total. The van der Waals surface area contributed by atoms with Crippen LogP contribution >= 0.6 is 0 Å². The van der Waals surface area contributed by atoms with Crippen LogP contribution in [0.2, 0.25) is 0 Å². The van der Waals surface area contributed by atoms with E-state index >= 15 is 0 Å². The van der Waals surface area contributed by atoms with Gasteiger partial charge in [-0.3, -0.25) is 24.6 Å². The highest BCUT2D eigenvalue weighted by molar-refractivity contribution is 6.17. The zero-order valence-corrected chi connectivity index (χ0v) is 13.2. The maximum Gasteiger partial charge on any atom is 0.573 e. The number of ether oxygens (including phenoxy) is 1.